The van der Waals surface area contributed by atoms with Crippen molar-refractivity contribution in [3.05, 3.63) is 46.7 Å². The molecule has 172 valence electrons. The average Bonchev–Trinajstić information content (AvgIpc) is 3.35. The van der Waals surface area contributed by atoms with Gasteiger partial charge in [-0.25, -0.2) is 4.79 Å². The first-order valence-electron chi connectivity index (χ1n) is 10.3. The van der Waals surface area contributed by atoms with Gasteiger partial charge in [0.05, 0.1) is 18.1 Å². The van der Waals surface area contributed by atoms with Crippen molar-refractivity contribution < 1.29 is 22.7 Å². The molecule has 4 rings (SSSR count). The van der Waals surface area contributed by atoms with E-state index < -0.39 is 10.2 Å². The third-order valence-corrected chi connectivity index (χ3v) is 8.17. The van der Waals surface area contributed by atoms with E-state index in [-0.39, 0.29) is 25.0 Å². The molecule has 10 nitrogen and oxygen atoms in total. The number of rotatable bonds is 5. The Morgan fingerprint density at radius 3 is 2.19 bits per heavy atom. The highest BCUT2D eigenvalue weighted by Gasteiger charge is 2.34. The van der Waals surface area contributed by atoms with Gasteiger partial charge < -0.3 is 20.3 Å². The molecule has 0 bridgehead atoms. The van der Waals surface area contributed by atoms with Crippen LogP contribution in [0.3, 0.4) is 0 Å². The summed E-state index contributed by atoms with van der Waals surface area (Å²) in [4.78, 5) is 27.1. The van der Waals surface area contributed by atoms with E-state index in [0.29, 0.717) is 55.6 Å². The van der Waals surface area contributed by atoms with E-state index in [1.54, 1.807) is 35.2 Å². The molecule has 0 radical (unpaired) electrons. The minimum Gasteiger partial charge on any atom is -0.379 e. The molecule has 2 aliphatic heterocycles. The van der Waals surface area contributed by atoms with Crippen LogP contribution in [0.1, 0.15) is 9.67 Å². The molecular formula is C20H25N5O5S2. The number of nitrogens with zero attached hydrogens (tertiary/aromatic N) is 3. The topological polar surface area (TPSA) is 111 Å². The van der Waals surface area contributed by atoms with E-state index in [1.807, 2.05) is 11.4 Å². The summed E-state index contributed by atoms with van der Waals surface area (Å²) in [5, 5.41) is 7.46. The highest BCUT2D eigenvalue weighted by molar-refractivity contribution is 7.86. The second-order valence-corrected chi connectivity index (χ2v) is 10.2. The van der Waals surface area contributed by atoms with Crippen molar-refractivity contribution in [3.63, 3.8) is 0 Å². The van der Waals surface area contributed by atoms with Gasteiger partial charge in [0.1, 0.15) is 0 Å². The van der Waals surface area contributed by atoms with Gasteiger partial charge in [-0.05, 0) is 29.6 Å². The molecule has 0 atom stereocenters. The maximum Gasteiger partial charge on any atom is 0.321 e. The van der Waals surface area contributed by atoms with Crippen LogP contribution in [0.15, 0.2) is 41.8 Å². The summed E-state index contributed by atoms with van der Waals surface area (Å²) in [5.41, 5.74) is 1.12. The fourth-order valence-electron chi connectivity index (χ4n) is 3.54. The zero-order chi connectivity index (χ0) is 22.6. The lowest BCUT2D eigenvalue weighted by Gasteiger charge is -2.37. The molecule has 1 aromatic carbocycles. The minimum absolute atomic E-state index is 0.207. The predicted molar refractivity (Wildman–Crippen MR) is 122 cm³/mol. The van der Waals surface area contributed by atoms with Gasteiger partial charge in [0.15, 0.2) is 0 Å². The molecule has 1 aromatic heterocycles. The summed E-state index contributed by atoms with van der Waals surface area (Å²) < 4.78 is 33.6. The highest BCUT2D eigenvalue weighted by atomic mass is 32.2. The van der Waals surface area contributed by atoms with Crippen LogP contribution >= 0.6 is 11.3 Å². The minimum atomic E-state index is -3.54. The Balaban J connectivity index is 1.31. The molecule has 2 saturated heterocycles. The van der Waals surface area contributed by atoms with Crippen LogP contribution in [0.4, 0.5) is 16.2 Å². The fraction of sp³-hybridized carbons (Fsp3) is 0.400. The van der Waals surface area contributed by atoms with E-state index >= 15 is 0 Å². The van der Waals surface area contributed by atoms with Crippen molar-refractivity contribution in [1.82, 2.24) is 13.5 Å². The molecule has 0 unspecified atom stereocenters. The van der Waals surface area contributed by atoms with Crippen LogP contribution in [-0.2, 0) is 14.9 Å². The van der Waals surface area contributed by atoms with Crippen LogP contribution < -0.4 is 10.6 Å². The van der Waals surface area contributed by atoms with Crippen LogP contribution in [-0.4, -0.2) is 86.3 Å². The first-order chi connectivity index (χ1) is 15.4. The summed E-state index contributed by atoms with van der Waals surface area (Å²) in [6.45, 7) is 2.57. The van der Waals surface area contributed by atoms with Gasteiger partial charge in [0.25, 0.3) is 16.1 Å². The number of hydrogen-bond donors (Lipinski definition) is 2. The number of morpholine rings is 1. The number of anilines is 2. The highest BCUT2D eigenvalue weighted by Crippen LogP contribution is 2.19. The molecule has 32 heavy (non-hydrogen) atoms. The van der Waals surface area contributed by atoms with E-state index in [2.05, 4.69) is 10.6 Å². The third-order valence-electron chi connectivity index (χ3n) is 5.27. The molecule has 0 aliphatic carbocycles. The molecule has 3 heterocycles. The predicted octanol–water partition coefficient (Wildman–Crippen LogP) is 1.73. The monoisotopic (exact) mass is 479 g/mol. The molecule has 3 amide bonds. The number of urea groups is 1. The van der Waals surface area contributed by atoms with Gasteiger partial charge in [-0.15, -0.1) is 11.3 Å². The van der Waals surface area contributed by atoms with E-state index in [1.165, 1.54) is 19.9 Å². The normalized spacial score (nSPS) is 18.3. The summed E-state index contributed by atoms with van der Waals surface area (Å²) in [7, 11) is -3.54. The van der Waals surface area contributed by atoms with Crippen LogP contribution in [0.5, 0.6) is 0 Å². The number of ether oxygens (including phenoxy) is 1. The SMILES string of the molecule is O=C(Nc1cccc(NC(=O)N2CCN(S(=O)(=O)N3CCOCC3)CC2)c1)c1cccs1. The number of nitrogens with one attached hydrogen (secondary N) is 2. The van der Waals surface area contributed by atoms with Crippen molar-refractivity contribution in [2.24, 2.45) is 0 Å². The molecule has 2 aromatic rings. The summed E-state index contributed by atoms with van der Waals surface area (Å²) in [6.07, 6.45) is 0. The second kappa shape index (κ2) is 9.96. The Labute approximate surface area is 190 Å². The van der Waals surface area contributed by atoms with Crippen molar-refractivity contribution in [1.29, 1.82) is 0 Å². The van der Waals surface area contributed by atoms with Gasteiger partial charge in [-0.3, -0.25) is 4.79 Å². The van der Waals surface area contributed by atoms with Gasteiger partial charge >= 0.3 is 6.03 Å². The maximum atomic E-state index is 12.8. The van der Waals surface area contributed by atoms with E-state index in [4.69, 9.17) is 4.74 Å². The van der Waals surface area contributed by atoms with Crippen LogP contribution in [0.2, 0.25) is 0 Å². The number of hydrogen-bond acceptors (Lipinski definition) is 6. The van der Waals surface area contributed by atoms with Gasteiger partial charge in [0.2, 0.25) is 0 Å². The lowest BCUT2D eigenvalue weighted by Crippen LogP contribution is -2.56. The first kappa shape index (κ1) is 22.7. The second-order valence-electron chi connectivity index (χ2n) is 7.35. The molecule has 2 fully saturated rings. The number of carbonyl (C=O) groups excluding carboxylic acids is 2. The summed E-state index contributed by atoms with van der Waals surface area (Å²) >= 11 is 1.35. The standard InChI is InChI=1S/C20H25N5O5S2/c26-19(18-5-2-14-31-18)21-16-3-1-4-17(15-16)22-20(27)23-6-8-24(9-7-23)32(28,29)25-10-12-30-13-11-25/h1-5,14-15H,6-13H2,(H,21,26)(H,22,27). The lowest BCUT2D eigenvalue weighted by molar-refractivity contribution is 0.0691. The molecule has 0 saturated carbocycles. The van der Waals surface area contributed by atoms with Gasteiger partial charge in [0, 0.05) is 50.6 Å². The Hall–Kier alpha value is -2.51. The number of thiophene rings is 1. The Kier molecular flexibility index (Phi) is 7.06. The largest absolute Gasteiger partial charge is 0.379 e. The van der Waals surface area contributed by atoms with Crippen LogP contribution in [0, 0.1) is 0 Å². The van der Waals surface area contributed by atoms with Crippen molar-refractivity contribution in [2.75, 3.05) is 63.1 Å². The summed E-state index contributed by atoms with van der Waals surface area (Å²) in [5.74, 6) is -0.207. The third kappa shape index (κ3) is 5.27. The van der Waals surface area contributed by atoms with Crippen molar-refractivity contribution in [3.8, 4) is 0 Å². The number of benzene rings is 1. The smallest absolute Gasteiger partial charge is 0.321 e. The molecule has 0 spiro atoms. The molecule has 2 aliphatic rings. The van der Waals surface area contributed by atoms with Crippen molar-refractivity contribution >= 4 is 44.9 Å². The number of carbonyl (C=O) groups is 2. The Morgan fingerprint density at radius 1 is 0.875 bits per heavy atom. The zero-order valence-corrected chi connectivity index (χ0v) is 19.0. The van der Waals surface area contributed by atoms with Gasteiger partial charge in [-0.1, -0.05) is 12.1 Å². The lowest BCUT2D eigenvalue weighted by atomic mass is 10.2. The van der Waals surface area contributed by atoms with Crippen LogP contribution in [0.25, 0.3) is 0 Å². The molecule has 12 heteroatoms. The Morgan fingerprint density at radius 2 is 1.53 bits per heavy atom. The number of amides is 3. The molecule has 2 N–H and O–H groups in total. The number of piperazine rings is 1. The quantitative estimate of drug-likeness (QED) is 0.679. The summed E-state index contributed by atoms with van der Waals surface area (Å²) in [6, 6.07) is 10.1. The van der Waals surface area contributed by atoms with Crippen molar-refractivity contribution in [2.45, 2.75) is 0 Å². The average molecular weight is 480 g/mol. The van der Waals surface area contributed by atoms with E-state index in [0.717, 1.165) is 0 Å². The maximum absolute atomic E-state index is 12.8. The zero-order valence-electron chi connectivity index (χ0n) is 17.4. The first-order valence-corrected chi connectivity index (χ1v) is 12.5. The Bertz CT molecular complexity index is 1050. The fourth-order valence-corrected chi connectivity index (χ4v) is 5.72. The molecular weight excluding hydrogens is 454 g/mol. The van der Waals surface area contributed by atoms with Gasteiger partial charge in [-0.2, -0.15) is 17.0 Å². The van der Waals surface area contributed by atoms with E-state index in [9.17, 15) is 18.0 Å².